The van der Waals surface area contributed by atoms with Crippen LogP contribution >= 0.6 is 11.6 Å². The van der Waals surface area contributed by atoms with E-state index < -0.39 is 0 Å². The Balaban J connectivity index is 2.98. The maximum Gasteiger partial charge on any atom is 0.133 e. The molecule has 0 aliphatic carbocycles. The fraction of sp³-hybridized carbons (Fsp3) is 0.636. The minimum absolute atomic E-state index is 0.355. The molecule has 84 valence electrons. The van der Waals surface area contributed by atoms with Crippen LogP contribution in [0.5, 0.6) is 0 Å². The van der Waals surface area contributed by atoms with Crippen molar-refractivity contribution in [1.82, 2.24) is 9.97 Å². The van der Waals surface area contributed by atoms with E-state index in [2.05, 4.69) is 23.8 Å². The summed E-state index contributed by atoms with van der Waals surface area (Å²) in [5.74, 6) is 2.81. The summed E-state index contributed by atoms with van der Waals surface area (Å²) in [5.41, 5.74) is 1.00. The second-order valence-electron chi connectivity index (χ2n) is 3.99. The van der Waals surface area contributed by atoms with Gasteiger partial charge in [-0.15, -0.1) is 11.6 Å². The standard InChI is InChI=1S/C11H18ClN3/c1-8(2)11-13-9(3)7-10(14-11)15(4)6-5-12/h7-8H,5-6H2,1-4H3. The molecule has 0 saturated carbocycles. The number of anilines is 1. The molecule has 3 nitrogen and oxygen atoms in total. The summed E-state index contributed by atoms with van der Waals surface area (Å²) in [4.78, 5) is 11.0. The Morgan fingerprint density at radius 2 is 2.07 bits per heavy atom. The molecule has 0 spiro atoms. The number of rotatable bonds is 4. The van der Waals surface area contributed by atoms with Crippen LogP contribution in [0.15, 0.2) is 6.07 Å². The van der Waals surface area contributed by atoms with Crippen LogP contribution in [0.4, 0.5) is 5.82 Å². The van der Waals surface area contributed by atoms with E-state index in [1.54, 1.807) is 0 Å². The highest BCUT2D eigenvalue weighted by atomic mass is 35.5. The molecule has 1 heterocycles. The average molecular weight is 228 g/mol. The van der Waals surface area contributed by atoms with Crippen molar-refractivity contribution < 1.29 is 0 Å². The Morgan fingerprint density at radius 3 is 2.60 bits per heavy atom. The van der Waals surface area contributed by atoms with Crippen LogP contribution < -0.4 is 4.90 Å². The maximum atomic E-state index is 5.70. The first-order valence-electron chi connectivity index (χ1n) is 5.17. The Morgan fingerprint density at radius 1 is 1.40 bits per heavy atom. The molecule has 4 heteroatoms. The lowest BCUT2D eigenvalue weighted by molar-refractivity contribution is 0.758. The lowest BCUT2D eigenvalue weighted by atomic mass is 10.2. The van der Waals surface area contributed by atoms with Crippen LogP contribution in [0, 0.1) is 6.92 Å². The molecule has 0 bridgehead atoms. The van der Waals surface area contributed by atoms with Crippen molar-refractivity contribution in [2.45, 2.75) is 26.7 Å². The number of nitrogens with zero attached hydrogens (tertiary/aromatic N) is 3. The average Bonchev–Trinajstić information content (AvgIpc) is 2.17. The molecule has 0 fully saturated rings. The van der Waals surface area contributed by atoms with E-state index in [1.807, 2.05) is 24.9 Å². The molecule has 0 aliphatic rings. The Kier molecular flexibility index (Phi) is 4.33. The molecular weight excluding hydrogens is 210 g/mol. The van der Waals surface area contributed by atoms with Crippen LogP contribution in [0.3, 0.4) is 0 Å². The molecule has 15 heavy (non-hydrogen) atoms. The zero-order chi connectivity index (χ0) is 11.4. The first-order valence-corrected chi connectivity index (χ1v) is 5.70. The summed E-state index contributed by atoms with van der Waals surface area (Å²) in [6.07, 6.45) is 0. The van der Waals surface area contributed by atoms with Gasteiger partial charge < -0.3 is 4.90 Å². The molecule has 1 rings (SSSR count). The predicted molar refractivity (Wildman–Crippen MR) is 64.8 cm³/mol. The van der Waals surface area contributed by atoms with Gasteiger partial charge in [0.25, 0.3) is 0 Å². The molecular formula is C11H18ClN3. The van der Waals surface area contributed by atoms with E-state index in [0.717, 1.165) is 23.9 Å². The molecule has 0 N–H and O–H groups in total. The van der Waals surface area contributed by atoms with Crippen LogP contribution in [0.1, 0.15) is 31.3 Å². The van der Waals surface area contributed by atoms with E-state index in [0.29, 0.717) is 11.8 Å². The van der Waals surface area contributed by atoms with Gasteiger partial charge in [-0.3, -0.25) is 0 Å². The molecule has 1 aromatic heterocycles. The first-order chi connectivity index (χ1) is 7.04. The quantitative estimate of drug-likeness (QED) is 0.741. The lowest BCUT2D eigenvalue weighted by Gasteiger charge is -2.18. The number of aromatic nitrogens is 2. The van der Waals surface area contributed by atoms with Crippen molar-refractivity contribution in [2.24, 2.45) is 0 Å². The van der Waals surface area contributed by atoms with Gasteiger partial charge in [-0.1, -0.05) is 13.8 Å². The summed E-state index contributed by atoms with van der Waals surface area (Å²) in [6, 6.07) is 1.98. The number of aryl methyl sites for hydroxylation is 1. The maximum absolute atomic E-state index is 5.70. The van der Waals surface area contributed by atoms with Gasteiger partial charge in [0.2, 0.25) is 0 Å². The van der Waals surface area contributed by atoms with Gasteiger partial charge in [0, 0.05) is 37.2 Å². The Labute approximate surface area is 96.5 Å². The van der Waals surface area contributed by atoms with Gasteiger partial charge in [0.1, 0.15) is 11.6 Å². The summed E-state index contributed by atoms with van der Waals surface area (Å²) in [5, 5.41) is 0. The van der Waals surface area contributed by atoms with Crippen molar-refractivity contribution >= 4 is 17.4 Å². The van der Waals surface area contributed by atoms with Crippen LogP contribution in [-0.2, 0) is 0 Å². The molecule has 0 amide bonds. The topological polar surface area (TPSA) is 29.0 Å². The van der Waals surface area contributed by atoms with Gasteiger partial charge in [-0.25, -0.2) is 9.97 Å². The lowest BCUT2D eigenvalue weighted by Crippen LogP contribution is -2.21. The van der Waals surface area contributed by atoms with Crippen LogP contribution in [-0.4, -0.2) is 29.4 Å². The second kappa shape index (κ2) is 5.31. The minimum Gasteiger partial charge on any atom is -0.358 e. The number of hydrogen-bond donors (Lipinski definition) is 0. The Bertz CT molecular complexity index is 326. The zero-order valence-electron chi connectivity index (χ0n) is 9.79. The summed E-state index contributed by atoms with van der Waals surface area (Å²) in [6.45, 7) is 6.99. The fourth-order valence-corrected chi connectivity index (χ4v) is 1.52. The van der Waals surface area contributed by atoms with E-state index in [4.69, 9.17) is 11.6 Å². The normalized spacial score (nSPS) is 10.8. The number of halogens is 1. The van der Waals surface area contributed by atoms with Gasteiger partial charge in [0.15, 0.2) is 0 Å². The first kappa shape index (κ1) is 12.2. The van der Waals surface area contributed by atoms with E-state index in [-0.39, 0.29) is 0 Å². The van der Waals surface area contributed by atoms with Crippen molar-refractivity contribution in [1.29, 1.82) is 0 Å². The highest BCUT2D eigenvalue weighted by Crippen LogP contribution is 2.15. The second-order valence-corrected chi connectivity index (χ2v) is 4.37. The monoisotopic (exact) mass is 227 g/mol. The number of hydrogen-bond acceptors (Lipinski definition) is 3. The zero-order valence-corrected chi connectivity index (χ0v) is 10.5. The molecule has 0 radical (unpaired) electrons. The molecule has 0 unspecified atom stereocenters. The van der Waals surface area contributed by atoms with Crippen molar-refractivity contribution in [3.8, 4) is 0 Å². The predicted octanol–water partition coefficient (Wildman–Crippen LogP) is 2.58. The summed E-state index contributed by atoms with van der Waals surface area (Å²) < 4.78 is 0. The van der Waals surface area contributed by atoms with Crippen molar-refractivity contribution in [3.05, 3.63) is 17.6 Å². The minimum atomic E-state index is 0.355. The molecule has 0 atom stereocenters. The third kappa shape index (κ3) is 3.34. The van der Waals surface area contributed by atoms with Crippen molar-refractivity contribution in [2.75, 3.05) is 24.4 Å². The van der Waals surface area contributed by atoms with Crippen molar-refractivity contribution in [3.63, 3.8) is 0 Å². The largest absolute Gasteiger partial charge is 0.358 e. The smallest absolute Gasteiger partial charge is 0.133 e. The Hall–Kier alpha value is -0.830. The molecule has 0 saturated heterocycles. The van der Waals surface area contributed by atoms with Gasteiger partial charge in [-0.2, -0.15) is 0 Å². The molecule has 1 aromatic rings. The summed E-state index contributed by atoms with van der Waals surface area (Å²) >= 11 is 5.70. The summed E-state index contributed by atoms with van der Waals surface area (Å²) in [7, 11) is 1.99. The fourth-order valence-electron chi connectivity index (χ4n) is 1.27. The SMILES string of the molecule is Cc1cc(N(C)CCCl)nc(C(C)C)n1. The van der Waals surface area contributed by atoms with Crippen LogP contribution in [0.25, 0.3) is 0 Å². The molecule has 0 aliphatic heterocycles. The highest BCUT2D eigenvalue weighted by Gasteiger charge is 2.08. The van der Waals surface area contributed by atoms with Crippen LogP contribution in [0.2, 0.25) is 0 Å². The van der Waals surface area contributed by atoms with Gasteiger partial charge >= 0.3 is 0 Å². The number of alkyl halides is 1. The van der Waals surface area contributed by atoms with Gasteiger partial charge in [-0.05, 0) is 6.92 Å². The van der Waals surface area contributed by atoms with Gasteiger partial charge in [0.05, 0.1) is 0 Å². The highest BCUT2D eigenvalue weighted by molar-refractivity contribution is 6.18. The van der Waals surface area contributed by atoms with E-state index in [9.17, 15) is 0 Å². The third-order valence-electron chi connectivity index (χ3n) is 2.19. The van der Waals surface area contributed by atoms with E-state index in [1.165, 1.54) is 0 Å². The van der Waals surface area contributed by atoms with E-state index >= 15 is 0 Å². The molecule has 0 aromatic carbocycles. The third-order valence-corrected chi connectivity index (χ3v) is 2.35.